The first kappa shape index (κ1) is 22.3. The largest absolute Gasteiger partial charge is 0.507 e. The maximum Gasteiger partial charge on any atom is 0.200 e. The maximum atomic E-state index is 10.6. The average molecular weight is 426 g/mol. The van der Waals surface area contributed by atoms with Crippen LogP contribution >= 0.6 is 0 Å². The number of phenols is 3. The smallest absolute Gasteiger partial charge is 0.200 e. The van der Waals surface area contributed by atoms with Crippen molar-refractivity contribution in [3.05, 3.63) is 75.8 Å². The molecule has 0 radical (unpaired) electrons. The van der Waals surface area contributed by atoms with E-state index in [9.17, 15) is 25.5 Å². The van der Waals surface area contributed by atoms with Crippen LogP contribution in [-0.4, -0.2) is 39.8 Å². The predicted molar refractivity (Wildman–Crippen MR) is 115 cm³/mol. The molecule has 0 aliphatic heterocycles. The molecule has 0 atom stereocenters. The van der Waals surface area contributed by atoms with Crippen LogP contribution in [0.15, 0.2) is 42.5 Å². The highest BCUT2D eigenvalue weighted by atomic mass is 16.5. The van der Waals surface area contributed by atoms with Crippen LogP contribution < -0.4 is 9.47 Å². The van der Waals surface area contributed by atoms with Gasteiger partial charge in [0, 0.05) is 17.5 Å². The minimum Gasteiger partial charge on any atom is -0.507 e. The van der Waals surface area contributed by atoms with Gasteiger partial charge in [0.15, 0.2) is 11.5 Å². The van der Waals surface area contributed by atoms with Gasteiger partial charge in [-0.25, -0.2) is 0 Å². The minimum absolute atomic E-state index is 0.0200. The van der Waals surface area contributed by atoms with Crippen LogP contribution in [-0.2, 0) is 26.1 Å². The third-order valence-corrected chi connectivity index (χ3v) is 5.20. The van der Waals surface area contributed by atoms with Crippen molar-refractivity contribution in [1.82, 2.24) is 0 Å². The third kappa shape index (κ3) is 4.68. The number of hydrogen-bond acceptors (Lipinski definition) is 7. The van der Waals surface area contributed by atoms with Gasteiger partial charge in [0.05, 0.1) is 27.4 Å². The lowest BCUT2D eigenvalue weighted by atomic mass is 9.94. The van der Waals surface area contributed by atoms with Gasteiger partial charge < -0.3 is 35.0 Å². The fraction of sp³-hybridized carbons (Fsp3) is 0.250. The summed E-state index contributed by atoms with van der Waals surface area (Å²) in [6.07, 6.45) is 0.643. The SMILES string of the molecule is COc1cc(Cc2cc(CO)c(O)c(Cc3cccc(CO)c3O)c2)cc(OC)c1O. The van der Waals surface area contributed by atoms with Crippen molar-refractivity contribution in [2.45, 2.75) is 26.1 Å². The molecule has 3 aromatic rings. The van der Waals surface area contributed by atoms with Crippen molar-refractivity contribution in [3.8, 4) is 28.7 Å². The number of benzene rings is 3. The number of ether oxygens (including phenoxy) is 2. The molecule has 7 nitrogen and oxygen atoms in total. The van der Waals surface area contributed by atoms with E-state index in [1.54, 1.807) is 42.5 Å². The molecule has 5 N–H and O–H groups in total. The van der Waals surface area contributed by atoms with Crippen LogP contribution in [0.5, 0.6) is 28.7 Å². The van der Waals surface area contributed by atoms with E-state index in [2.05, 4.69) is 0 Å². The average Bonchev–Trinajstić information content (AvgIpc) is 2.78. The number of aliphatic hydroxyl groups excluding tert-OH is 2. The lowest BCUT2D eigenvalue weighted by Crippen LogP contribution is -2.00. The second kappa shape index (κ2) is 9.59. The summed E-state index contributed by atoms with van der Waals surface area (Å²) >= 11 is 0. The lowest BCUT2D eigenvalue weighted by molar-refractivity contribution is 0.275. The first-order valence-electron chi connectivity index (χ1n) is 9.70. The van der Waals surface area contributed by atoms with Crippen molar-refractivity contribution in [1.29, 1.82) is 0 Å². The Balaban J connectivity index is 2.00. The van der Waals surface area contributed by atoms with E-state index in [-0.39, 0.29) is 48.4 Å². The molecule has 0 amide bonds. The molecule has 0 saturated heterocycles. The standard InChI is InChI=1S/C24H26O7/c1-30-20-9-15(10-21(31-2)24(20)29)6-14-7-18(23(28)19(8-14)13-26)11-16-4-3-5-17(12-25)22(16)27/h3-5,7-10,25-29H,6,11-13H2,1-2H3. The third-order valence-electron chi connectivity index (χ3n) is 5.20. The summed E-state index contributed by atoms with van der Waals surface area (Å²) in [6.45, 7) is -0.643. The molecule has 164 valence electrons. The molecular weight excluding hydrogens is 400 g/mol. The zero-order valence-electron chi connectivity index (χ0n) is 17.4. The van der Waals surface area contributed by atoms with Crippen LogP contribution in [0, 0.1) is 0 Å². The summed E-state index contributed by atoms with van der Waals surface area (Å²) in [7, 11) is 2.90. The van der Waals surface area contributed by atoms with Crippen molar-refractivity contribution < 1.29 is 35.0 Å². The Kier molecular flexibility index (Phi) is 6.89. The zero-order valence-corrected chi connectivity index (χ0v) is 17.4. The van der Waals surface area contributed by atoms with E-state index in [0.29, 0.717) is 28.7 Å². The molecule has 3 aromatic carbocycles. The highest BCUT2D eigenvalue weighted by Crippen LogP contribution is 2.38. The van der Waals surface area contributed by atoms with E-state index < -0.39 is 0 Å². The topological polar surface area (TPSA) is 120 Å². The van der Waals surface area contributed by atoms with Crippen LogP contribution in [0.1, 0.15) is 33.4 Å². The molecule has 7 heteroatoms. The number of phenolic OH excluding ortho intramolecular Hbond substituents is 1. The van der Waals surface area contributed by atoms with Gasteiger partial charge in [-0.3, -0.25) is 0 Å². The molecule has 0 spiro atoms. The highest BCUT2D eigenvalue weighted by molar-refractivity contribution is 5.54. The molecule has 3 rings (SSSR count). The molecule has 0 bridgehead atoms. The summed E-state index contributed by atoms with van der Waals surface area (Å²) in [5, 5.41) is 50.2. The molecule has 0 aliphatic carbocycles. The van der Waals surface area contributed by atoms with E-state index in [1.165, 1.54) is 14.2 Å². The maximum absolute atomic E-state index is 10.6. The van der Waals surface area contributed by atoms with E-state index in [0.717, 1.165) is 11.1 Å². The second-order valence-electron chi connectivity index (χ2n) is 7.21. The molecule has 31 heavy (non-hydrogen) atoms. The number of para-hydroxylation sites is 1. The number of methoxy groups -OCH3 is 2. The fourth-order valence-electron chi connectivity index (χ4n) is 3.60. The zero-order chi connectivity index (χ0) is 22.5. The summed E-state index contributed by atoms with van der Waals surface area (Å²) in [4.78, 5) is 0. The Morgan fingerprint density at radius 1 is 0.613 bits per heavy atom. The summed E-state index contributed by atoms with van der Waals surface area (Å²) in [6, 6.07) is 12.0. The summed E-state index contributed by atoms with van der Waals surface area (Å²) in [5.41, 5.74) is 3.46. The lowest BCUT2D eigenvalue weighted by Gasteiger charge is -2.15. The normalized spacial score (nSPS) is 10.8. The first-order chi connectivity index (χ1) is 14.9. The molecule has 0 heterocycles. The second-order valence-corrected chi connectivity index (χ2v) is 7.21. The van der Waals surface area contributed by atoms with Gasteiger partial charge in [-0.2, -0.15) is 0 Å². The van der Waals surface area contributed by atoms with Crippen molar-refractivity contribution in [3.63, 3.8) is 0 Å². The van der Waals surface area contributed by atoms with Crippen molar-refractivity contribution in [2.24, 2.45) is 0 Å². The van der Waals surface area contributed by atoms with Gasteiger partial charge in [-0.1, -0.05) is 24.3 Å². The van der Waals surface area contributed by atoms with Gasteiger partial charge in [0.1, 0.15) is 11.5 Å². The fourth-order valence-corrected chi connectivity index (χ4v) is 3.60. The van der Waals surface area contributed by atoms with Gasteiger partial charge in [0.2, 0.25) is 5.75 Å². The molecule has 0 aliphatic rings. The van der Waals surface area contributed by atoms with Crippen LogP contribution in [0.3, 0.4) is 0 Å². The van der Waals surface area contributed by atoms with Gasteiger partial charge >= 0.3 is 0 Å². The van der Waals surface area contributed by atoms with E-state index in [1.807, 2.05) is 0 Å². The number of hydrogen-bond donors (Lipinski definition) is 5. The van der Waals surface area contributed by atoms with E-state index in [4.69, 9.17) is 9.47 Å². The van der Waals surface area contributed by atoms with Crippen LogP contribution in [0.25, 0.3) is 0 Å². The van der Waals surface area contributed by atoms with Gasteiger partial charge in [-0.05, 0) is 46.9 Å². The molecule has 0 fully saturated rings. The monoisotopic (exact) mass is 426 g/mol. The minimum atomic E-state index is -0.350. The molecule has 0 saturated carbocycles. The summed E-state index contributed by atoms with van der Waals surface area (Å²) in [5.74, 6) is 0.410. The Morgan fingerprint density at radius 3 is 1.71 bits per heavy atom. The Hall–Kier alpha value is -3.42. The van der Waals surface area contributed by atoms with Crippen molar-refractivity contribution >= 4 is 0 Å². The number of aromatic hydroxyl groups is 3. The van der Waals surface area contributed by atoms with Crippen LogP contribution in [0.4, 0.5) is 0 Å². The Bertz CT molecular complexity index is 1050. The van der Waals surface area contributed by atoms with Gasteiger partial charge in [0.25, 0.3) is 0 Å². The molecule has 0 aromatic heterocycles. The van der Waals surface area contributed by atoms with Crippen LogP contribution in [0.2, 0.25) is 0 Å². The highest BCUT2D eigenvalue weighted by Gasteiger charge is 2.16. The number of rotatable bonds is 8. The predicted octanol–water partition coefficient (Wildman–Crippen LogP) is 2.99. The quantitative estimate of drug-likeness (QED) is 0.376. The Labute approximate surface area is 180 Å². The molecule has 0 unspecified atom stereocenters. The first-order valence-corrected chi connectivity index (χ1v) is 9.70. The molecular formula is C24H26O7. The Morgan fingerprint density at radius 2 is 1.13 bits per heavy atom. The summed E-state index contributed by atoms with van der Waals surface area (Å²) < 4.78 is 10.4. The van der Waals surface area contributed by atoms with E-state index >= 15 is 0 Å². The number of aliphatic hydroxyl groups is 2. The van der Waals surface area contributed by atoms with Gasteiger partial charge in [-0.15, -0.1) is 0 Å². The van der Waals surface area contributed by atoms with Crippen molar-refractivity contribution in [2.75, 3.05) is 14.2 Å².